The van der Waals surface area contributed by atoms with E-state index in [4.69, 9.17) is 9.15 Å². The smallest absolute Gasteiger partial charge is 0.289 e. The average molecular weight is 440 g/mol. The topological polar surface area (TPSA) is 92.1 Å². The maximum atomic E-state index is 13.7. The Morgan fingerprint density at radius 3 is 2.41 bits per heavy atom. The second-order valence-corrected chi connectivity index (χ2v) is 8.70. The zero-order valence-electron chi connectivity index (χ0n) is 18.7. The Balaban J connectivity index is 1.60. The fraction of sp³-hybridized carbons (Fsp3) is 0.458. The van der Waals surface area contributed by atoms with Gasteiger partial charge in [-0.2, -0.15) is 0 Å². The third kappa shape index (κ3) is 4.02. The molecule has 3 heterocycles. The van der Waals surface area contributed by atoms with Gasteiger partial charge in [-0.15, -0.1) is 0 Å². The molecule has 32 heavy (non-hydrogen) atoms. The molecule has 1 aromatic heterocycles. The van der Waals surface area contributed by atoms with Crippen LogP contribution in [-0.2, 0) is 9.53 Å². The average Bonchev–Trinajstić information content (AvgIpc) is 3.42. The Labute approximate surface area is 187 Å². The molecule has 8 nitrogen and oxygen atoms in total. The van der Waals surface area contributed by atoms with Crippen LogP contribution in [0.15, 0.2) is 47.1 Å². The number of ether oxygens (including phenoxy) is 1. The fourth-order valence-corrected chi connectivity index (χ4v) is 4.51. The first-order valence-electron chi connectivity index (χ1n) is 11.0. The molecular formula is C24H29N3O5. The lowest BCUT2D eigenvalue weighted by molar-refractivity contribution is -0.128. The van der Waals surface area contributed by atoms with Crippen molar-refractivity contribution in [3.05, 3.63) is 59.5 Å². The van der Waals surface area contributed by atoms with Gasteiger partial charge in [0, 0.05) is 37.5 Å². The molecule has 4 rings (SSSR count). The molecule has 0 aliphatic carbocycles. The molecule has 2 aliphatic rings. The molecule has 8 heteroatoms. The minimum Gasteiger partial charge on any atom is -0.459 e. The highest BCUT2D eigenvalue weighted by molar-refractivity contribution is 5.99. The first-order chi connectivity index (χ1) is 15.3. The first kappa shape index (κ1) is 22.1. The van der Waals surface area contributed by atoms with Crippen molar-refractivity contribution in [1.29, 1.82) is 0 Å². The van der Waals surface area contributed by atoms with Crippen LogP contribution in [0.3, 0.4) is 0 Å². The minimum atomic E-state index is -0.932. The minimum absolute atomic E-state index is 0.0535. The molecule has 2 saturated heterocycles. The van der Waals surface area contributed by atoms with Crippen molar-refractivity contribution < 1.29 is 23.5 Å². The van der Waals surface area contributed by atoms with Crippen molar-refractivity contribution in [3.8, 4) is 0 Å². The molecule has 2 aromatic rings. The van der Waals surface area contributed by atoms with Gasteiger partial charge < -0.3 is 19.4 Å². The highest BCUT2D eigenvalue weighted by Crippen LogP contribution is 2.39. The summed E-state index contributed by atoms with van der Waals surface area (Å²) in [4.78, 5) is 42.7. The fourth-order valence-electron chi connectivity index (χ4n) is 4.51. The number of hydrogen-bond acceptors (Lipinski definition) is 5. The zero-order valence-corrected chi connectivity index (χ0v) is 18.7. The number of benzene rings is 1. The molecule has 0 radical (unpaired) electrons. The van der Waals surface area contributed by atoms with E-state index in [2.05, 4.69) is 5.32 Å². The van der Waals surface area contributed by atoms with E-state index in [9.17, 15) is 14.4 Å². The third-order valence-corrected chi connectivity index (χ3v) is 6.15. The lowest BCUT2D eigenvalue weighted by Crippen LogP contribution is -2.60. The van der Waals surface area contributed by atoms with Crippen molar-refractivity contribution in [2.75, 3.05) is 19.7 Å². The van der Waals surface area contributed by atoms with Crippen molar-refractivity contribution in [2.45, 2.75) is 51.4 Å². The van der Waals surface area contributed by atoms with E-state index in [1.165, 1.54) is 6.26 Å². The number of aryl methyl sites for hydroxylation is 1. The molecule has 2 aliphatic heterocycles. The Bertz CT molecular complexity index is 993. The molecular weight excluding hydrogens is 410 g/mol. The summed E-state index contributed by atoms with van der Waals surface area (Å²) < 4.78 is 11.4. The number of hydrogen-bond donors (Lipinski definition) is 1. The summed E-state index contributed by atoms with van der Waals surface area (Å²) in [6.45, 7) is 6.57. The molecule has 1 unspecified atom stereocenters. The summed E-state index contributed by atoms with van der Waals surface area (Å²) in [5.74, 6) is -0.354. The summed E-state index contributed by atoms with van der Waals surface area (Å²) in [5, 5.41) is 2.91. The molecule has 1 N–H and O–H groups in total. The van der Waals surface area contributed by atoms with E-state index in [-0.39, 0.29) is 36.1 Å². The van der Waals surface area contributed by atoms with E-state index in [0.717, 1.165) is 5.56 Å². The van der Waals surface area contributed by atoms with Crippen LogP contribution in [0.25, 0.3) is 0 Å². The summed E-state index contributed by atoms with van der Waals surface area (Å²) in [6.07, 6.45) is 2.31. The van der Waals surface area contributed by atoms with Gasteiger partial charge in [0.15, 0.2) is 5.76 Å². The van der Waals surface area contributed by atoms with Gasteiger partial charge in [0.05, 0.1) is 12.9 Å². The molecule has 2 fully saturated rings. The summed E-state index contributed by atoms with van der Waals surface area (Å²) in [5.41, 5.74) is 0.458. The maximum absolute atomic E-state index is 13.7. The second kappa shape index (κ2) is 8.78. The van der Waals surface area contributed by atoms with Gasteiger partial charge >= 0.3 is 0 Å². The number of carbonyl (C=O) groups excluding carboxylic acids is 3. The van der Waals surface area contributed by atoms with Crippen molar-refractivity contribution in [2.24, 2.45) is 0 Å². The van der Waals surface area contributed by atoms with Gasteiger partial charge in [0.2, 0.25) is 5.91 Å². The molecule has 1 aromatic carbocycles. The number of amides is 3. The number of likely N-dealkylation sites (tertiary alicyclic amines) is 1. The number of rotatable bonds is 4. The zero-order chi connectivity index (χ0) is 22.9. The molecule has 0 saturated carbocycles. The third-order valence-electron chi connectivity index (χ3n) is 6.15. The van der Waals surface area contributed by atoms with Crippen LogP contribution in [-0.4, -0.2) is 65.0 Å². The van der Waals surface area contributed by atoms with Crippen molar-refractivity contribution in [3.63, 3.8) is 0 Å². The highest BCUT2D eigenvalue weighted by Gasteiger charge is 2.54. The van der Waals surface area contributed by atoms with Crippen molar-refractivity contribution >= 4 is 17.7 Å². The van der Waals surface area contributed by atoms with Gasteiger partial charge in [-0.3, -0.25) is 19.3 Å². The van der Waals surface area contributed by atoms with E-state index in [1.54, 1.807) is 28.0 Å². The predicted molar refractivity (Wildman–Crippen MR) is 117 cm³/mol. The van der Waals surface area contributed by atoms with Gasteiger partial charge in [0.25, 0.3) is 11.8 Å². The first-order valence-corrected chi connectivity index (χ1v) is 11.0. The van der Waals surface area contributed by atoms with Crippen LogP contribution in [0.5, 0.6) is 0 Å². The Morgan fingerprint density at radius 1 is 1.06 bits per heavy atom. The monoisotopic (exact) mass is 439 g/mol. The van der Waals surface area contributed by atoms with Crippen LogP contribution >= 0.6 is 0 Å². The number of carbonyl (C=O) groups is 3. The predicted octanol–water partition coefficient (Wildman–Crippen LogP) is 2.59. The summed E-state index contributed by atoms with van der Waals surface area (Å²) >= 11 is 0. The van der Waals surface area contributed by atoms with E-state index < -0.39 is 11.8 Å². The number of furan rings is 1. The van der Waals surface area contributed by atoms with Crippen LogP contribution < -0.4 is 5.32 Å². The van der Waals surface area contributed by atoms with E-state index in [0.29, 0.717) is 31.5 Å². The van der Waals surface area contributed by atoms with Gasteiger partial charge in [-0.25, -0.2) is 0 Å². The normalized spacial score (nSPS) is 20.1. The highest BCUT2D eigenvalue weighted by atomic mass is 16.5. The Morgan fingerprint density at radius 2 is 1.78 bits per heavy atom. The summed E-state index contributed by atoms with van der Waals surface area (Å²) in [6, 6.07) is 9.89. The van der Waals surface area contributed by atoms with E-state index in [1.807, 2.05) is 39.0 Å². The molecule has 170 valence electrons. The van der Waals surface area contributed by atoms with Crippen LogP contribution in [0.1, 0.15) is 53.2 Å². The molecule has 1 atom stereocenters. The Kier molecular flexibility index (Phi) is 6.06. The lowest BCUT2D eigenvalue weighted by Gasteiger charge is -2.44. The largest absolute Gasteiger partial charge is 0.459 e. The second-order valence-electron chi connectivity index (χ2n) is 8.70. The van der Waals surface area contributed by atoms with E-state index >= 15 is 0 Å². The molecule has 0 bridgehead atoms. The number of nitrogens with zero attached hydrogens (tertiary/aromatic N) is 2. The number of piperidine rings is 1. The van der Waals surface area contributed by atoms with Crippen molar-refractivity contribution in [1.82, 2.24) is 15.1 Å². The molecule has 1 spiro atoms. The standard InChI is InChI=1S/C24H29N3O5/c1-16(2)25-21(28)19-15-32-24(27(19)22(29)18-8-5-4-7-17(18)3)10-12-26(13-11-24)23(30)20-9-6-14-31-20/h4-9,14,16,19H,10-13,15H2,1-3H3,(H,25,28). The lowest BCUT2D eigenvalue weighted by atomic mass is 9.95. The van der Waals surface area contributed by atoms with Gasteiger partial charge in [-0.1, -0.05) is 18.2 Å². The van der Waals surface area contributed by atoms with Crippen LogP contribution in [0, 0.1) is 6.92 Å². The van der Waals surface area contributed by atoms with Crippen LogP contribution in [0.4, 0.5) is 0 Å². The quantitative estimate of drug-likeness (QED) is 0.791. The van der Waals surface area contributed by atoms with Gasteiger partial charge in [0.1, 0.15) is 11.8 Å². The number of nitrogens with one attached hydrogen (secondary N) is 1. The SMILES string of the molecule is Cc1ccccc1C(=O)N1C(C(=O)NC(C)C)COC12CCN(C(=O)c1ccco1)CC2. The summed E-state index contributed by atoms with van der Waals surface area (Å²) in [7, 11) is 0. The molecule has 3 amide bonds. The van der Waals surface area contributed by atoms with Gasteiger partial charge in [-0.05, 0) is 44.5 Å². The maximum Gasteiger partial charge on any atom is 0.289 e. The Hall–Kier alpha value is -3.13. The van der Waals surface area contributed by atoms with Crippen LogP contribution in [0.2, 0.25) is 0 Å².